The number of carbonyl (C=O) groups excluding carboxylic acids is 2. The van der Waals surface area contributed by atoms with Crippen LogP contribution >= 0.6 is 11.3 Å². The Morgan fingerprint density at radius 3 is 1.97 bits per heavy atom. The third-order valence-corrected chi connectivity index (χ3v) is 6.21. The van der Waals surface area contributed by atoms with E-state index in [-0.39, 0.29) is 17.6 Å². The first-order chi connectivity index (χ1) is 14.0. The smallest absolute Gasteiger partial charge is 0.266 e. The van der Waals surface area contributed by atoms with E-state index in [1.54, 1.807) is 17.0 Å². The minimum Gasteiger partial charge on any atom is -0.508 e. The summed E-state index contributed by atoms with van der Waals surface area (Å²) < 4.78 is 2.11. The highest BCUT2D eigenvalue weighted by Gasteiger charge is 2.28. The van der Waals surface area contributed by atoms with Crippen LogP contribution in [0.25, 0.3) is 5.69 Å². The maximum Gasteiger partial charge on any atom is 0.266 e. The van der Waals surface area contributed by atoms with Crippen LogP contribution in [0.3, 0.4) is 0 Å². The predicted octanol–water partition coefficient (Wildman–Crippen LogP) is 3.46. The van der Waals surface area contributed by atoms with Crippen LogP contribution in [0.15, 0.2) is 47.8 Å². The molecular formula is C22H23N3O3S. The molecule has 1 aliphatic rings. The number of nitrogens with zero attached hydrogens (tertiary/aromatic N) is 3. The molecular weight excluding hydrogens is 386 g/mol. The zero-order chi connectivity index (χ0) is 20.5. The van der Waals surface area contributed by atoms with E-state index >= 15 is 0 Å². The number of benzene rings is 1. The molecule has 2 aromatic heterocycles. The van der Waals surface area contributed by atoms with Crippen LogP contribution < -0.4 is 0 Å². The Labute approximate surface area is 173 Å². The average molecular weight is 410 g/mol. The molecule has 2 amide bonds. The van der Waals surface area contributed by atoms with E-state index in [1.165, 1.54) is 23.5 Å². The van der Waals surface area contributed by atoms with E-state index in [4.69, 9.17) is 0 Å². The van der Waals surface area contributed by atoms with Crippen molar-refractivity contribution in [2.75, 3.05) is 26.2 Å². The summed E-state index contributed by atoms with van der Waals surface area (Å²) in [6, 6.07) is 12.4. The van der Waals surface area contributed by atoms with Crippen LogP contribution in [-0.2, 0) is 0 Å². The fraction of sp³-hybridized carbons (Fsp3) is 0.273. The second-order valence-electron chi connectivity index (χ2n) is 7.22. The van der Waals surface area contributed by atoms with Crippen molar-refractivity contribution in [2.24, 2.45) is 0 Å². The van der Waals surface area contributed by atoms with Crippen molar-refractivity contribution in [3.05, 3.63) is 69.7 Å². The van der Waals surface area contributed by atoms with Crippen LogP contribution in [0.5, 0.6) is 5.75 Å². The zero-order valence-electron chi connectivity index (χ0n) is 16.5. The van der Waals surface area contributed by atoms with Crippen molar-refractivity contribution in [3.63, 3.8) is 0 Å². The number of amides is 2. The molecule has 0 atom stereocenters. The number of hydrogen-bond acceptors (Lipinski definition) is 4. The molecule has 7 heteroatoms. The van der Waals surface area contributed by atoms with Gasteiger partial charge < -0.3 is 19.5 Å². The van der Waals surface area contributed by atoms with E-state index in [2.05, 4.69) is 16.7 Å². The predicted molar refractivity (Wildman–Crippen MR) is 113 cm³/mol. The molecule has 4 rings (SSSR count). The van der Waals surface area contributed by atoms with Gasteiger partial charge in [-0.05, 0) is 61.7 Å². The molecule has 1 N–H and O–H groups in total. The minimum absolute atomic E-state index is 0.0132. The number of thiophene rings is 1. The molecule has 0 aliphatic carbocycles. The molecule has 1 aromatic carbocycles. The van der Waals surface area contributed by atoms with Gasteiger partial charge in [0.2, 0.25) is 0 Å². The third kappa shape index (κ3) is 3.65. The lowest BCUT2D eigenvalue weighted by atomic mass is 10.1. The number of carbonyl (C=O) groups is 2. The largest absolute Gasteiger partial charge is 0.508 e. The lowest BCUT2D eigenvalue weighted by Gasteiger charge is -2.34. The van der Waals surface area contributed by atoms with Gasteiger partial charge in [0.05, 0.1) is 5.69 Å². The number of hydrogen-bond donors (Lipinski definition) is 1. The molecule has 0 unspecified atom stereocenters. The Hall–Kier alpha value is -3.06. The molecule has 29 heavy (non-hydrogen) atoms. The Bertz CT molecular complexity index is 1020. The Morgan fingerprint density at radius 2 is 1.38 bits per heavy atom. The van der Waals surface area contributed by atoms with Gasteiger partial charge in [0, 0.05) is 43.1 Å². The van der Waals surface area contributed by atoms with Crippen molar-refractivity contribution in [1.29, 1.82) is 0 Å². The second-order valence-corrected chi connectivity index (χ2v) is 8.13. The number of piperazine rings is 1. The summed E-state index contributed by atoms with van der Waals surface area (Å²) >= 11 is 1.46. The number of aromatic nitrogens is 1. The summed E-state index contributed by atoms with van der Waals surface area (Å²) in [5.41, 5.74) is 3.66. The Balaban J connectivity index is 1.46. The number of aromatic hydroxyl groups is 1. The topological polar surface area (TPSA) is 65.8 Å². The van der Waals surface area contributed by atoms with Crippen LogP contribution in [0.2, 0.25) is 0 Å². The van der Waals surface area contributed by atoms with Crippen LogP contribution in [0, 0.1) is 13.8 Å². The Kier molecular flexibility index (Phi) is 5.15. The summed E-state index contributed by atoms with van der Waals surface area (Å²) in [6.07, 6.45) is 0. The fourth-order valence-electron chi connectivity index (χ4n) is 3.73. The van der Waals surface area contributed by atoms with Crippen molar-refractivity contribution in [3.8, 4) is 11.4 Å². The van der Waals surface area contributed by atoms with Gasteiger partial charge in [0.25, 0.3) is 11.8 Å². The van der Waals surface area contributed by atoms with Crippen LogP contribution in [-0.4, -0.2) is 57.5 Å². The first-order valence-corrected chi connectivity index (χ1v) is 10.4. The van der Waals surface area contributed by atoms with Crippen LogP contribution in [0.4, 0.5) is 0 Å². The van der Waals surface area contributed by atoms with E-state index in [1.807, 2.05) is 30.2 Å². The van der Waals surface area contributed by atoms with Gasteiger partial charge >= 0.3 is 0 Å². The van der Waals surface area contributed by atoms with E-state index in [0.29, 0.717) is 31.7 Å². The lowest BCUT2D eigenvalue weighted by Crippen LogP contribution is -2.50. The van der Waals surface area contributed by atoms with Gasteiger partial charge in [-0.15, -0.1) is 11.3 Å². The zero-order valence-corrected chi connectivity index (χ0v) is 17.3. The van der Waals surface area contributed by atoms with Gasteiger partial charge in [-0.25, -0.2) is 0 Å². The maximum absolute atomic E-state index is 13.2. The van der Waals surface area contributed by atoms with E-state index in [9.17, 15) is 14.7 Å². The molecule has 1 fully saturated rings. The van der Waals surface area contributed by atoms with Gasteiger partial charge in [0.15, 0.2) is 0 Å². The van der Waals surface area contributed by atoms with E-state index < -0.39 is 0 Å². The number of phenols is 1. The first kappa shape index (κ1) is 19.3. The van der Waals surface area contributed by atoms with Crippen molar-refractivity contribution in [1.82, 2.24) is 14.4 Å². The van der Waals surface area contributed by atoms with Gasteiger partial charge in [0.1, 0.15) is 10.6 Å². The average Bonchev–Trinajstić information content (AvgIpc) is 3.33. The molecule has 150 valence electrons. The molecule has 6 nitrogen and oxygen atoms in total. The second kappa shape index (κ2) is 7.75. The number of rotatable bonds is 3. The molecule has 1 saturated heterocycles. The maximum atomic E-state index is 13.2. The summed E-state index contributed by atoms with van der Waals surface area (Å²) in [7, 11) is 0. The highest BCUT2D eigenvalue weighted by Crippen LogP contribution is 2.27. The summed E-state index contributed by atoms with van der Waals surface area (Å²) in [5.74, 6) is 0.0728. The monoisotopic (exact) mass is 409 g/mol. The minimum atomic E-state index is -0.0764. The van der Waals surface area contributed by atoms with Crippen molar-refractivity contribution in [2.45, 2.75) is 13.8 Å². The van der Waals surface area contributed by atoms with Crippen molar-refractivity contribution < 1.29 is 14.7 Å². The van der Waals surface area contributed by atoms with Gasteiger partial charge in [-0.3, -0.25) is 9.59 Å². The standard InChI is InChI=1S/C22H23N3O3S/c1-15-3-4-16(2)25(15)19-9-14-29-20(19)22(28)24-12-10-23(11-13-24)21(27)17-5-7-18(26)8-6-17/h3-9,14,26H,10-13H2,1-2H3. The number of phenolic OH excluding ortho intramolecular Hbond substituents is 1. The molecule has 0 spiro atoms. The van der Waals surface area contributed by atoms with Gasteiger partial charge in [-0.1, -0.05) is 0 Å². The number of aryl methyl sites for hydroxylation is 2. The van der Waals surface area contributed by atoms with Crippen molar-refractivity contribution >= 4 is 23.2 Å². The summed E-state index contributed by atoms with van der Waals surface area (Å²) in [5, 5.41) is 11.3. The highest BCUT2D eigenvalue weighted by molar-refractivity contribution is 7.12. The molecule has 1 aliphatic heterocycles. The molecule has 0 bridgehead atoms. The molecule has 0 saturated carbocycles. The van der Waals surface area contributed by atoms with E-state index in [0.717, 1.165) is 22.0 Å². The molecule has 3 heterocycles. The lowest BCUT2D eigenvalue weighted by molar-refractivity contribution is 0.0538. The summed E-state index contributed by atoms with van der Waals surface area (Å²) in [4.78, 5) is 30.1. The molecule has 3 aromatic rings. The quantitative estimate of drug-likeness (QED) is 0.721. The van der Waals surface area contributed by atoms with Gasteiger partial charge in [-0.2, -0.15) is 0 Å². The SMILES string of the molecule is Cc1ccc(C)n1-c1ccsc1C(=O)N1CCN(C(=O)c2ccc(O)cc2)CC1. The van der Waals surface area contributed by atoms with Crippen LogP contribution in [0.1, 0.15) is 31.4 Å². The fourth-order valence-corrected chi connectivity index (χ4v) is 4.57. The third-order valence-electron chi connectivity index (χ3n) is 5.32. The normalized spacial score (nSPS) is 14.3. The summed E-state index contributed by atoms with van der Waals surface area (Å²) in [6.45, 7) is 6.06. The molecule has 0 radical (unpaired) electrons. The highest BCUT2D eigenvalue weighted by atomic mass is 32.1. The Morgan fingerprint density at radius 1 is 0.828 bits per heavy atom. The first-order valence-electron chi connectivity index (χ1n) is 9.56.